The van der Waals surface area contributed by atoms with Crippen LogP contribution in [-0.2, 0) is 4.79 Å². The molecule has 0 aliphatic heterocycles. The Morgan fingerprint density at radius 1 is 1.38 bits per heavy atom. The van der Waals surface area contributed by atoms with E-state index in [1.165, 1.54) is 0 Å². The number of halogens is 3. The highest BCUT2D eigenvalue weighted by molar-refractivity contribution is 7.98. The zero-order chi connectivity index (χ0) is 12.2. The van der Waals surface area contributed by atoms with Crippen LogP contribution in [0.3, 0.4) is 0 Å². The molecule has 0 aromatic rings. The van der Waals surface area contributed by atoms with Gasteiger partial charge in [-0.15, -0.1) is 0 Å². The van der Waals surface area contributed by atoms with E-state index in [2.05, 4.69) is 0 Å². The van der Waals surface area contributed by atoms with Crippen LogP contribution in [0, 0.1) is 11.8 Å². The van der Waals surface area contributed by atoms with Gasteiger partial charge >= 0.3 is 6.18 Å². The Kier molecular flexibility index (Phi) is 5.15. The predicted octanol–water partition coefficient (Wildman–Crippen LogP) is 3.68. The fourth-order valence-corrected chi connectivity index (χ4v) is 2.59. The van der Waals surface area contributed by atoms with E-state index in [1.807, 2.05) is 6.26 Å². The molecule has 0 saturated heterocycles. The van der Waals surface area contributed by atoms with Crippen molar-refractivity contribution in [3.8, 4) is 0 Å². The quantitative estimate of drug-likeness (QED) is 0.761. The van der Waals surface area contributed by atoms with Gasteiger partial charge in [0.05, 0.1) is 5.92 Å². The maximum Gasteiger partial charge on any atom is 0.391 e. The lowest BCUT2D eigenvalue weighted by Crippen LogP contribution is -2.31. The Bertz CT molecular complexity index is 240. The summed E-state index contributed by atoms with van der Waals surface area (Å²) in [6, 6.07) is 0. The topological polar surface area (TPSA) is 17.1 Å². The predicted molar refractivity (Wildman–Crippen MR) is 59.5 cm³/mol. The molecule has 1 aliphatic carbocycles. The molecule has 0 radical (unpaired) electrons. The number of carbonyl (C=O) groups is 1. The molecule has 1 aliphatic rings. The fourth-order valence-electron chi connectivity index (χ4n) is 2.19. The maximum absolute atomic E-state index is 12.5. The summed E-state index contributed by atoms with van der Waals surface area (Å²) in [5.41, 5.74) is 0. The van der Waals surface area contributed by atoms with Crippen molar-refractivity contribution in [3.63, 3.8) is 0 Å². The molecule has 0 spiro atoms. The molecule has 1 fully saturated rings. The van der Waals surface area contributed by atoms with E-state index >= 15 is 0 Å². The summed E-state index contributed by atoms with van der Waals surface area (Å²) in [5, 5.41) is 0. The number of hydrogen-bond donors (Lipinski definition) is 0. The van der Waals surface area contributed by atoms with Gasteiger partial charge in [-0.25, -0.2) is 0 Å². The highest BCUT2D eigenvalue weighted by Crippen LogP contribution is 2.40. The van der Waals surface area contributed by atoms with Gasteiger partial charge in [-0.2, -0.15) is 24.9 Å². The number of rotatable bonds is 4. The van der Waals surface area contributed by atoms with Crippen molar-refractivity contribution in [2.75, 3.05) is 12.0 Å². The Morgan fingerprint density at radius 3 is 2.62 bits per heavy atom. The third-order valence-electron chi connectivity index (χ3n) is 3.15. The van der Waals surface area contributed by atoms with Gasteiger partial charge in [0.1, 0.15) is 5.78 Å². The molecular weight excluding hydrogens is 237 g/mol. The highest BCUT2D eigenvalue weighted by Gasteiger charge is 2.43. The van der Waals surface area contributed by atoms with Crippen molar-refractivity contribution < 1.29 is 18.0 Å². The van der Waals surface area contributed by atoms with Crippen LogP contribution in [0.5, 0.6) is 0 Å². The first-order chi connectivity index (χ1) is 7.45. The van der Waals surface area contributed by atoms with E-state index < -0.39 is 12.1 Å². The van der Waals surface area contributed by atoms with Gasteiger partial charge in [-0.3, -0.25) is 4.79 Å². The molecule has 5 heteroatoms. The standard InChI is InChI=1S/C11H17F3OS/c1-16-6-5-10(15)8-3-2-4-9(7-8)11(12,13)14/h8-9H,2-7H2,1H3. The van der Waals surface area contributed by atoms with E-state index in [0.717, 1.165) is 0 Å². The van der Waals surface area contributed by atoms with Crippen molar-refractivity contribution >= 4 is 17.5 Å². The van der Waals surface area contributed by atoms with Crippen LogP contribution >= 0.6 is 11.8 Å². The average molecular weight is 254 g/mol. The van der Waals surface area contributed by atoms with Crippen LogP contribution < -0.4 is 0 Å². The molecule has 16 heavy (non-hydrogen) atoms. The first kappa shape index (κ1) is 13.9. The molecule has 1 rings (SSSR count). The maximum atomic E-state index is 12.5. The van der Waals surface area contributed by atoms with Crippen LogP contribution in [0.1, 0.15) is 32.1 Å². The summed E-state index contributed by atoms with van der Waals surface area (Å²) in [5.74, 6) is -0.883. The lowest BCUT2D eigenvalue weighted by Gasteiger charge is -2.29. The van der Waals surface area contributed by atoms with Crippen LogP contribution in [0.25, 0.3) is 0 Å². The van der Waals surface area contributed by atoms with E-state index in [4.69, 9.17) is 0 Å². The summed E-state index contributed by atoms with van der Waals surface area (Å²) >= 11 is 1.56. The van der Waals surface area contributed by atoms with Crippen molar-refractivity contribution in [3.05, 3.63) is 0 Å². The largest absolute Gasteiger partial charge is 0.391 e. The second kappa shape index (κ2) is 5.94. The van der Waals surface area contributed by atoms with Crippen molar-refractivity contribution in [1.82, 2.24) is 0 Å². The molecule has 0 N–H and O–H groups in total. The van der Waals surface area contributed by atoms with Crippen LogP contribution in [0.15, 0.2) is 0 Å². The van der Waals surface area contributed by atoms with Crippen LogP contribution in [-0.4, -0.2) is 24.0 Å². The van der Waals surface area contributed by atoms with E-state index in [-0.39, 0.29) is 24.5 Å². The number of ketones is 1. The highest BCUT2D eigenvalue weighted by atomic mass is 32.2. The van der Waals surface area contributed by atoms with E-state index in [1.54, 1.807) is 11.8 Å². The zero-order valence-electron chi connectivity index (χ0n) is 9.35. The van der Waals surface area contributed by atoms with Crippen LogP contribution in [0.4, 0.5) is 13.2 Å². The number of alkyl halides is 3. The smallest absolute Gasteiger partial charge is 0.299 e. The monoisotopic (exact) mass is 254 g/mol. The number of carbonyl (C=O) groups excluding carboxylic acids is 1. The lowest BCUT2D eigenvalue weighted by molar-refractivity contribution is -0.186. The molecule has 1 saturated carbocycles. The van der Waals surface area contributed by atoms with Crippen molar-refractivity contribution in [2.24, 2.45) is 11.8 Å². The first-order valence-corrected chi connectivity index (χ1v) is 6.93. The van der Waals surface area contributed by atoms with Gasteiger partial charge in [0.15, 0.2) is 0 Å². The number of Topliss-reactive ketones (excluding diaryl/α,β-unsaturated/α-hetero) is 1. The molecule has 0 bridgehead atoms. The fraction of sp³-hybridized carbons (Fsp3) is 0.909. The van der Waals surface area contributed by atoms with Gasteiger partial charge in [0.25, 0.3) is 0 Å². The van der Waals surface area contributed by atoms with Gasteiger partial charge in [0.2, 0.25) is 0 Å². The van der Waals surface area contributed by atoms with E-state index in [9.17, 15) is 18.0 Å². The Hall–Kier alpha value is -0.190. The van der Waals surface area contributed by atoms with Crippen LogP contribution in [0.2, 0.25) is 0 Å². The number of hydrogen-bond acceptors (Lipinski definition) is 2. The van der Waals surface area contributed by atoms with Gasteiger partial charge < -0.3 is 0 Å². The molecule has 0 aromatic carbocycles. The normalized spacial score (nSPS) is 26.8. The number of thioether (sulfide) groups is 1. The molecule has 0 aromatic heterocycles. The minimum absolute atomic E-state index is 0.0106. The summed E-state index contributed by atoms with van der Waals surface area (Å²) in [4.78, 5) is 11.6. The summed E-state index contributed by atoms with van der Waals surface area (Å²) in [6.07, 6.45) is -0.451. The average Bonchev–Trinajstić information content (AvgIpc) is 2.25. The molecule has 0 amide bonds. The third kappa shape index (κ3) is 4.00. The second-order valence-corrected chi connectivity index (χ2v) is 5.30. The lowest BCUT2D eigenvalue weighted by atomic mass is 9.78. The second-order valence-electron chi connectivity index (χ2n) is 4.31. The Balaban J connectivity index is 2.47. The Labute approximate surface area is 98.2 Å². The molecule has 94 valence electrons. The molecule has 0 heterocycles. The SMILES string of the molecule is CSCCC(=O)C1CCCC(C(F)(F)F)C1. The molecular formula is C11H17F3OS. The van der Waals surface area contributed by atoms with Crippen molar-refractivity contribution in [1.29, 1.82) is 0 Å². The molecule has 1 nitrogen and oxygen atoms in total. The summed E-state index contributed by atoms with van der Waals surface area (Å²) in [6.45, 7) is 0. The first-order valence-electron chi connectivity index (χ1n) is 5.53. The molecule has 2 unspecified atom stereocenters. The van der Waals surface area contributed by atoms with Gasteiger partial charge in [0, 0.05) is 12.3 Å². The summed E-state index contributed by atoms with van der Waals surface area (Å²) in [7, 11) is 0. The molecule has 2 atom stereocenters. The van der Waals surface area contributed by atoms with E-state index in [0.29, 0.717) is 25.0 Å². The zero-order valence-corrected chi connectivity index (χ0v) is 10.2. The minimum atomic E-state index is -4.13. The van der Waals surface area contributed by atoms with Gasteiger partial charge in [-0.1, -0.05) is 6.42 Å². The van der Waals surface area contributed by atoms with Crippen molar-refractivity contribution in [2.45, 2.75) is 38.3 Å². The third-order valence-corrected chi connectivity index (χ3v) is 3.76. The minimum Gasteiger partial charge on any atom is -0.299 e. The Morgan fingerprint density at radius 2 is 2.06 bits per heavy atom. The van der Waals surface area contributed by atoms with Gasteiger partial charge in [-0.05, 0) is 31.3 Å². The summed E-state index contributed by atoms with van der Waals surface area (Å²) < 4.78 is 37.5.